The summed E-state index contributed by atoms with van der Waals surface area (Å²) >= 11 is 0. The summed E-state index contributed by atoms with van der Waals surface area (Å²) in [4.78, 5) is 4.50. The molecular formula is C15H21NO3Si. The summed E-state index contributed by atoms with van der Waals surface area (Å²) in [5, 5.41) is 2.40. The van der Waals surface area contributed by atoms with Crippen LogP contribution in [0, 0.1) is 0 Å². The second-order valence-corrected chi connectivity index (χ2v) is 7.76. The molecule has 0 bridgehead atoms. The minimum Gasteiger partial charge on any atom is -0.377 e. The highest BCUT2D eigenvalue weighted by Crippen LogP contribution is 2.18. The van der Waals surface area contributed by atoms with Crippen molar-refractivity contribution in [1.82, 2.24) is 4.98 Å². The zero-order valence-electron chi connectivity index (χ0n) is 12.3. The lowest BCUT2D eigenvalue weighted by Gasteiger charge is -2.24. The Morgan fingerprint density at radius 2 is 1.65 bits per heavy atom. The molecular weight excluding hydrogens is 270 g/mol. The van der Waals surface area contributed by atoms with E-state index in [9.17, 15) is 0 Å². The molecule has 0 fully saturated rings. The van der Waals surface area contributed by atoms with Gasteiger partial charge in [-0.3, -0.25) is 4.98 Å². The Hall–Kier alpha value is -1.27. The van der Waals surface area contributed by atoms with E-state index in [1.54, 1.807) is 21.3 Å². The zero-order valence-corrected chi connectivity index (χ0v) is 13.3. The van der Waals surface area contributed by atoms with Gasteiger partial charge in [-0.25, -0.2) is 0 Å². The number of hydrogen-bond donors (Lipinski definition) is 0. The molecule has 0 radical (unpaired) electrons. The summed E-state index contributed by atoms with van der Waals surface area (Å²) in [6.07, 6.45) is 3.76. The van der Waals surface area contributed by atoms with Gasteiger partial charge < -0.3 is 13.3 Å². The van der Waals surface area contributed by atoms with E-state index in [2.05, 4.69) is 23.2 Å². The molecule has 0 atom stereocenters. The van der Waals surface area contributed by atoms with Crippen LogP contribution in [0.4, 0.5) is 0 Å². The average Bonchev–Trinajstić information content (AvgIpc) is 2.52. The largest absolute Gasteiger partial charge is 0.500 e. The third kappa shape index (κ3) is 3.43. The quantitative estimate of drug-likeness (QED) is 0.735. The molecule has 2 aromatic rings. The van der Waals surface area contributed by atoms with Gasteiger partial charge in [-0.2, -0.15) is 0 Å². The molecule has 0 unspecified atom stereocenters. The van der Waals surface area contributed by atoms with E-state index in [0.717, 1.165) is 24.6 Å². The van der Waals surface area contributed by atoms with Crippen LogP contribution in [0.2, 0.25) is 6.04 Å². The SMILES string of the molecule is CO[Si](CCCc1cc2ccccc2cn1)(OC)OC. The molecule has 5 heteroatoms. The van der Waals surface area contributed by atoms with E-state index < -0.39 is 8.80 Å². The molecule has 1 heterocycles. The first-order valence-electron chi connectivity index (χ1n) is 6.72. The summed E-state index contributed by atoms with van der Waals surface area (Å²) in [6, 6.07) is 11.2. The number of aryl methyl sites for hydroxylation is 1. The molecule has 2 rings (SSSR count). The van der Waals surface area contributed by atoms with Crippen molar-refractivity contribution in [2.75, 3.05) is 21.3 Å². The van der Waals surface area contributed by atoms with Crippen molar-refractivity contribution < 1.29 is 13.3 Å². The van der Waals surface area contributed by atoms with Gasteiger partial charge in [0.1, 0.15) is 0 Å². The lowest BCUT2D eigenvalue weighted by atomic mass is 10.1. The molecule has 0 spiro atoms. The Kier molecular flexibility index (Phi) is 5.25. The molecule has 0 saturated carbocycles. The Morgan fingerprint density at radius 3 is 2.30 bits per heavy atom. The van der Waals surface area contributed by atoms with E-state index in [-0.39, 0.29) is 0 Å². The highest BCUT2D eigenvalue weighted by Gasteiger charge is 2.36. The lowest BCUT2D eigenvalue weighted by Crippen LogP contribution is -2.42. The van der Waals surface area contributed by atoms with Gasteiger partial charge in [-0.1, -0.05) is 24.3 Å². The fraction of sp³-hybridized carbons (Fsp3) is 0.400. The Morgan fingerprint density at radius 1 is 1.00 bits per heavy atom. The fourth-order valence-electron chi connectivity index (χ4n) is 2.31. The first-order chi connectivity index (χ1) is 9.73. The van der Waals surface area contributed by atoms with Gasteiger partial charge in [-0.15, -0.1) is 0 Å². The predicted octanol–water partition coefficient (Wildman–Crippen LogP) is 3.05. The fourth-order valence-corrected chi connectivity index (χ4v) is 4.03. The van der Waals surface area contributed by atoms with Gasteiger partial charge in [0, 0.05) is 44.7 Å². The number of aromatic nitrogens is 1. The van der Waals surface area contributed by atoms with Crippen LogP contribution < -0.4 is 0 Å². The van der Waals surface area contributed by atoms with E-state index in [0.29, 0.717) is 0 Å². The maximum atomic E-state index is 5.42. The zero-order chi connectivity index (χ0) is 14.4. The summed E-state index contributed by atoms with van der Waals surface area (Å²) in [6.45, 7) is 0. The Balaban J connectivity index is 1.99. The molecule has 1 aromatic heterocycles. The van der Waals surface area contributed by atoms with Crippen LogP contribution in [0.3, 0.4) is 0 Å². The third-order valence-corrected chi connectivity index (χ3v) is 6.37. The molecule has 20 heavy (non-hydrogen) atoms. The molecule has 0 saturated heterocycles. The average molecular weight is 291 g/mol. The molecule has 0 amide bonds. The van der Waals surface area contributed by atoms with Gasteiger partial charge in [0.25, 0.3) is 0 Å². The van der Waals surface area contributed by atoms with Crippen molar-refractivity contribution in [1.29, 1.82) is 0 Å². The van der Waals surface area contributed by atoms with Gasteiger partial charge in [0.05, 0.1) is 0 Å². The van der Waals surface area contributed by atoms with E-state index >= 15 is 0 Å². The van der Waals surface area contributed by atoms with Crippen LogP contribution in [0.1, 0.15) is 12.1 Å². The number of nitrogens with zero attached hydrogens (tertiary/aromatic N) is 1. The molecule has 0 N–H and O–H groups in total. The first-order valence-corrected chi connectivity index (χ1v) is 8.65. The lowest BCUT2D eigenvalue weighted by molar-refractivity contribution is 0.123. The Bertz CT molecular complexity index is 549. The maximum absolute atomic E-state index is 5.42. The second kappa shape index (κ2) is 6.94. The maximum Gasteiger partial charge on any atom is 0.500 e. The summed E-state index contributed by atoms with van der Waals surface area (Å²) in [5.74, 6) is 0. The highest BCUT2D eigenvalue weighted by atomic mass is 28.4. The molecule has 108 valence electrons. The van der Waals surface area contributed by atoms with E-state index in [1.165, 1.54) is 10.8 Å². The van der Waals surface area contributed by atoms with Crippen molar-refractivity contribution in [2.24, 2.45) is 0 Å². The number of hydrogen-bond acceptors (Lipinski definition) is 4. The second-order valence-electron chi connectivity index (χ2n) is 4.67. The van der Waals surface area contributed by atoms with Crippen LogP contribution in [-0.2, 0) is 19.7 Å². The predicted molar refractivity (Wildman–Crippen MR) is 81.7 cm³/mol. The van der Waals surface area contributed by atoms with Crippen LogP contribution in [0.5, 0.6) is 0 Å². The van der Waals surface area contributed by atoms with E-state index in [4.69, 9.17) is 13.3 Å². The van der Waals surface area contributed by atoms with Crippen molar-refractivity contribution in [3.8, 4) is 0 Å². The number of rotatable bonds is 7. The number of pyridine rings is 1. The topological polar surface area (TPSA) is 40.6 Å². The summed E-state index contributed by atoms with van der Waals surface area (Å²) in [7, 11) is 2.49. The number of benzene rings is 1. The molecule has 0 aliphatic carbocycles. The van der Waals surface area contributed by atoms with Gasteiger partial charge in [-0.05, 0) is 24.3 Å². The van der Waals surface area contributed by atoms with Crippen LogP contribution in [-0.4, -0.2) is 35.1 Å². The smallest absolute Gasteiger partial charge is 0.377 e. The minimum absolute atomic E-state index is 0.797. The number of fused-ring (bicyclic) bond motifs is 1. The van der Waals surface area contributed by atoms with Crippen LogP contribution in [0.15, 0.2) is 36.5 Å². The van der Waals surface area contributed by atoms with Gasteiger partial charge in [0.2, 0.25) is 0 Å². The Labute approximate surface area is 121 Å². The molecule has 0 aliphatic rings. The monoisotopic (exact) mass is 291 g/mol. The third-order valence-electron chi connectivity index (χ3n) is 3.54. The minimum atomic E-state index is -2.45. The van der Waals surface area contributed by atoms with Crippen LogP contribution >= 0.6 is 0 Å². The molecule has 4 nitrogen and oxygen atoms in total. The normalized spacial score (nSPS) is 11.9. The van der Waals surface area contributed by atoms with Gasteiger partial charge >= 0.3 is 8.80 Å². The summed E-state index contributed by atoms with van der Waals surface area (Å²) in [5.41, 5.74) is 1.09. The highest BCUT2D eigenvalue weighted by molar-refractivity contribution is 6.60. The molecule has 1 aromatic carbocycles. The first kappa shape index (κ1) is 15.1. The van der Waals surface area contributed by atoms with Crippen molar-refractivity contribution in [2.45, 2.75) is 18.9 Å². The van der Waals surface area contributed by atoms with Crippen molar-refractivity contribution in [3.05, 3.63) is 42.2 Å². The standard InChI is InChI=1S/C15H21NO3Si/c1-17-20(18-2,19-3)10-6-9-15-11-13-7-4-5-8-14(13)12-16-15/h4-5,7-8,11-12H,6,9-10H2,1-3H3. The van der Waals surface area contributed by atoms with Gasteiger partial charge in [0.15, 0.2) is 0 Å². The van der Waals surface area contributed by atoms with Crippen LogP contribution in [0.25, 0.3) is 10.8 Å². The van der Waals surface area contributed by atoms with E-state index in [1.807, 2.05) is 18.3 Å². The van der Waals surface area contributed by atoms with Crippen molar-refractivity contribution in [3.63, 3.8) is 0 Å². The molecule has 0 aliphatic heterocycles. The van der Waals surface area contributed by atoms with Crippen molar-refractivity contribution >= 4 is 19.6 Å². The summed E-state index contributed by atoms with van der Waals surface area (Å²) < 4.78 is 16.3.